The van der Waals surface area contributed by atoms with Crippen LogP contribution in [0.3, 0.4) is 0 Å². The third kappa shape index (κ3) is 6.40. The minimum atomic E-state index is -0.895. The summed E-state index contributed by atoms with van der Waals surface area (Å²) < 4.78 is 5.14. The van der Waals surface area contributed by atoms with Gasteiger partial charge in [-0.1, -0.05) is 6.92 Å². The first-order valence-electron chi connectivity index (χ1n) is 5.58. The second-order valence-corrected chi connectivity index (χ2v) is 3.88. The van der Waals surface area contributed by atoms with Gasteiger partial charge in [0.1, 0.15) is 6.61 Å². The van der Waals surface area contributed by atoms with Gasteiger partial charge in [-0.25, -0.2) is 0 Å². The Hall–Kier alpha value is -1.10. The van der Waals surface area contributed by atoms with Gasteiger partial charge in [0, 0.05) is 19.2 Å². The van der Waals surface area contributed by atoms with Crippen molar-refractivity contribution in [2.24, 2.45) is 0 Å². The molecule has 0 aliphatic rings. The van der Waals surface area contributed by atoms with Gasteiger partial charge >= 0.3 is 5.97 Å². The third-order valence-corrected chi connectivity index (χ3v) is 2.08. The zero-order valence-corrected chi connectivity index (χ0v) is 10.2. The number of hydrogen-bond donors (Lipinski definition) is 1. The van der Waals surface area contributed by atoms with Crippen molar-refractivity contribution >= 4 is 11.9 Å². The number of hydrogen-bond acceptors (Lipinski definition) is 3. The van der Waals surface area contributed by atoms with Crippen molar-refractivity contribution in [2.45, 2.75) is 39.7 Å². The molecule has 0 saturated heterocycles. The summed E-state index contributed by atoms with van der Waals surface area (Å²) in [6.45, 7) is 6.51. The highest BCUT2D eigenvalue weighted by Crippen LogP contribution is 2.01. The summed E-state index contributed by atoms with van der Waals surface area (Å²) in [5, 5.41) is 8.57. The number of nitrogens with zero attached hydrogens (tertiary/aromatic N) is 1. The number of carboxylic acids is 1. The largest absolute Gasteiger partial charge is 0.481 e. The molecule has 0 aliphatic carbocycles. The lowest BCUT2D eigenvalue weighted by Crippen LogP contribution is -2.40. The Bertz CT molecular complexity index is 228. The van der Waals surface area contributed by atoms with E-state index >= 15 is 0 Å². The van der Waals surface area contributed by atoms with Crippen molar-refractivity contribution in [3.05, 3.63) is 0 Å². The highest BCUT2D eigenvalue weighted by molar-refractivity contribution is 5.78. The van der Waals surface area contributed by atoms with Gasteiger partial charge in [0.15, 0.2) is 0 Å². The first-order chi connectivity index (χ1) is 7.49. The fraction of sp³-hybridized carbons (Fsp3) is 0.818. The Labute approximate surface area is 96.4 Å². The van der Waals surface area contributed by atoms with Gasteiger partial charge in [-0.3, -0.25) is 9.59 Å². The molecule has 5 nitrogen and oxygen atoms in total. The Kier molecular flexibility index (Phi) is 7.54. The summed E-state index contributed by atoms with van der Waals surface area (Å²) in [5.41, 5.74) is 0. The van der Waals surface area contributed by atoms with E-state index in [1.807, 2.05) is 20.8 Å². The predicted octanol–water partition coefficient (Wildman–Crippen LogP) is 1.12. The minimum Gasteiger partial charge on any atom is -0.481 e. The van der Waals surface area contributed by atoms with Crippen molar-refractivity contribution in [2.75, 3.05) is 19.8 Å². The van der Waals surface area contributed by atoms with Gasteiger partial charge in [-0.05, 0) is 20.3 Å². The van der Waals surface area contributed by atoms with Gasteiger partial charge < -0.3 is 14.7 Å². The monoisotopic (exact) mass is 231 g/mol. The molecule has 0 unspecified atom stereocenters. The van der Waals surface area contributed by atoms with Gasteiger partial charge in [0.25, 0.3) is 0 Å². The highest BCUT2D eigenvalue weighted by atomic mass is 16.5. The molecule has 0 fully saturated rings. The summed E-state index contributed by atoms with van der Waals surface area (Å²) in [4.78, 5) is 23.7. The number of carboxylic acid groups (broad SMARTS) is 1. The SMILES string of the molecule is CCCOCC(=O)N(CCC(=O)O)C(C)C. The lowest BCUT2D eigenvalue weighted by Gasteiger charge is -2.26. The van der Waals surface area contributed by atoms with Crippen molar-refractivity contribution < 1.29 is 19.4 Å². The molecule has 1 amide bonds. The first-order valence-corrected chi connectivity index (χ1v) is 5.58. The average molecular weight is 231 g/mol. The molecule has 0 aliphatic heterocycles. The van der Waals surface area contributed by atoms with E-state index < -0.39 is 5.97 Å². The molecule has 0 atom stereocenters. The van der Waals surface area contributed by atoms with E-state index in [0.717, 1.165) is 6.42 Å². The molecule has 94 valence electrons. The van der Waals surface area contributed by atoms with Gasteiger partial charge in [-0.2, -0.15) is 0 Å². The standard InChI is InChI=1S/C11H21NO4/c1-4-7-16-8-10(13)12(9(2)3)6-5-11(14)15/h9H,4-8H2,1-3H3,(H,14,15). The van der Waals surface area contributed by atoms with Crippen LogP contribution >= 0.6 is 0 Å². The maximum Gasteiger partial charge on any atom is 0.305 e. The Morgan fingerprint density at radius 1 is 1.38 bits per heavy atom. The predicted molar refractivity (Wildman–Crippen MR) is 60.2 cm³/mol. The van der Waals surface area contributed by atoms with E-state index in [4.69, 9.17) is 9.84 Å². The van der Waals surface area contributed by atoms with E-state index in [9.17, 15) is 9.59 Å². The maximum absolute atomic E-state index is 11.7. The molecular formula is C11H21NO4. The van der Waals surface area contributed by atoms with E-state index in [1.54, 1.807) is 0 Å². The molecule has 0 rings (SSSR count). The van der Waals surface area contributed by atoms with Crippen molar-refractivity contribution in [1.29, 1.82) is 0 Å². The van der Waals surface area contributed by atoms with Crippen LogP contribution in [0.1, 0.15) is 33.6 Å². The quantitative estimate of drug-likeness (QED) is 0.636. The number of amides is 1. The number of aliphatic carboxylic acids is 1. The number of carbonyl (C=O) groups is 2. The number of rotatable bonds is 8. The molecule has 0 aromatic rings. The zero-order valence-electron chi connectivity index (χ0n) is 10.2. The molecule has 1 N–H and O–H groups in total. The van der Waals surface area contributed by atoms with Crippen LogP contribution in [0.25, 0.3) is 0 Å². The lowest BCUT2D eigenvalue weighted by atomic mass is 10.3. The maximum atomic E-state index is 11.7. The molecule has 16 heavy (non-hydrogen) atoms. The van der Waals surface area contributed by atoms with Crippen LogP contribution in [0.5, 0.6) is 0 Å². The fourth-order valence-corrected chi connectivity index (χ4v) is 1.27. The second kappa shape index (κ2) is 8.10. The summed E-state index contributed by atoms with van der Waals surface area (Å²) in [7, 11) is 0. The Balaban J connectivity index is 4.08. The third-order valence-electron chi connectivity index (χ3n) is 2.08. The van der Waals surface area contributed by atoms with E-state index in [-0.39, 0.29) is 31.5 Å². The molecule has 0 heterocycles. The molecule has 5 heteroatoms. The minimum absolute atomic E-state index is 0.00271. The molecular weight excluding hydrogens is 210 g/mol. The van der Waals surface area contributed by atoms with Crippen LogP contribution in [-0.2, 0) is 14.3 Å². The molecule has 0 saturated carbocycles. The van der Waals surface area contributed by atoms with Crippen LogP contribution in [0.4, 0.5) is 0 Å². The summed E-state index contributed by atoms with van der Waals surface area (Å²) >= 11 is 0. The molecule has 0 radical (unpaired) electrons. The topological polar surface area (TPSA) is 66.8 Å². The number of ether oxygens (including phenoxy) is 1. The van der Waals surface area contributed by atoms with Crippen LogP contribution in [0, 0.1) is 0 Å². The second-order valence-electron chi connectivity index (χ2n) is 3.88. The van der Waals surface area contributed by atoms with Crippen LogP contribution in [0.2, 0.25) is 0 Å². The summed E-state index contributed by atoms with van der Waals surface area (Å²) in [5.74, 6) is -1.04. The zero-order chi connectivity index (χ0) is 12.6. The number of carbonyl (C=O) groups excluding carboxylic acids is 1. The van der Waals surface area contributed by atoms with Crippen molar-refractivity contribution in [3.63, 3.8) is 0 Å². The lowest BCUT2D eigenvalue weighted by molar-refractivity contribution is -0.141. The van der Waals surface area contributed by atoms with E-state index in [2.05, 4.69) is 0 Å². The first kappa shape index (κ1) is 14.9. The van der Waals surface area contributed by atoms with E-state index in [0.29, 0.717) is 6.61 Å². The van der Waals surface area contributed by atoms with Crippen LogP contribution in [-0.4, -0.2) is 47.7 Å². The normalized spacial score (nSPS) is 10.5. The van der Waals surface area contributed by atoms with Gasteiger partial charge in [0.05, 0.1) is 6.42 Å². The van der Waals surface area contributed by atoms with Crippen molar-refractivity contribution in [3.8, 4) is 0 Å². The van der Waals surface area contributed by atoms with Gasteiger partial charge in [-0.15, -0.1) is 0 Å². The van der Waals surface area contributed by atoms with Crippen LogP contribution in [0.15, 0.2) is 0 Å². The Morgan fingerprint density at radius 2 is 2.00 bits per heavy atom. The summed E-state index contributed by atoms with van der Waals surface area (Å²) in [6.07, 6.45) is 0.835. The Morgan fingerprint density at radius 3 is 2.44 bits per heavy atom. The smallest absolute Gasteiger partial charge is 0.305 e. The van der Waals surface area contributed by atoms with Gasteiger partial charge in [0.2, 0.25) is 5.91 Å². The average Bonchev–Trinajstić information content (AvgIpc) is 2.17. The molecule has 0 aromatic heterocycles. The fourth-order valence-electron chi connectivity index (χ4n) is 1.27. The van der Waals surface area contributed by atoms with Crippen molar-refractivity contribution in [1.82, 2.24) is 4.90 Å². The molecule has 0 aromatic carbocycles. The molecule has 0 spiro atoms. The van der Waals surface area contributed by atoms with Crippen LogP contribution < -0.4 is 0 Å². The van der Waals surface area contributed by atoms with E-state index in [1.165, 1.54) is 4.90 Å². The highest BCUT2D eigenvalue weighted by Gasteiger charge is 2.17. The summed E-state index contributed by atoms with van der Waals surface area (Å²) in [6, 6.07) is -0.00271. The molecule has 0 bridgehead atoms.